The second kappa shape index (κ2) is 7.25. The highest BCUT2D eigenvalue weighted by molar-refractivity contribution is 5.95. The molecule has 0 spiro atoms. The topological polar surface area (TPSA) is 106 Å². The van der Waals surface area contributed by atoms with Gasteiger partial charge in [0.1, 0.15) is 17.9 Å². The van der Waals surface area contributed by atoms with Crippen LogP contribution < -0.4 is 10.9 Å². The smallest absolute Gasteiger partial charge is 0.278 e. The largest absolute Gasteiger partial charge is 0.338 e. The zero-order chi connectivity index (χ0) is 20.5. The van der Waals surface area contributed by atoms with Gasteiger partial charge in [-0.15, -0.1) is 5.10 Å². The molecule has 2 N–H and O–H groups in total. The molecule has 0 fully saturated rings. The molecule has 2 aromatic heterocycles. The maximum Gasteiger partial charge on any atom is 0.278 e. The minimum Gasteiger partial charge on any atom is -0.338 e. The number of hydrogen-bond acceptors (Lipinski definition) is 5. The van der Waals surface area contributed by atoms with E-state index in [1.807, 2.05) is 42.5 Å². The van der Waals surface area contributed by atoms with Crippen molar-refractivity contribution in [2.75, 3.05) is 5.32 Å². The molecule has 0 aliphatic carbocycles. The fraction of sp³-hybridized carbons (Fsp3) is 0.0455. The van der Waals surface area contributed by atoms with E-state index in [1.54, 1.807) is 30.3 Å². The van der Waals surface area contributed by atoms with Crippen LogP contribution in [0.5, 0.6) is 0 Å². The van der Waals surface area contributed by atoms with Crippen molar-refractivity contribution in [3.8, 4) is 11.4 Å². The van der Waals surface area contributed by atoms with E-state index < -0.39 is 0 Å². The summed E-state index contributed by atoms with van der Waals surface area (Å²) >= 11 is 0. The Morgan fingerprint density at radius 3 is 2.53 bits per heavy atom. The maximum atomic E-state index is 12.7. The van der Waals surface area contributed by atoms with Crippen LogP contribution in [0.25, 0.3) is 33.3 Å². The Labute approximate surface area is 170 Å². The highest BCUT2D eigenvalue weighted by Gasteiger charge is 2.14. The molecule has 0 atom stereocenters. The number of anilines is 1. The third-order valence-electron chi connectivity index (χ3n) is 4.77. The SMILES string of the molecule is O=C(Cn1nnc2ccccc2c1=O)Nc1ccccc1-c1nc2ccccc2[nH]1. The van der Waals surface area contributed by atoms with Crippen LogP contribution in [-0.2, 0) is 11.3 Å². The van der Waals surface area contributed by atoms with Gasteiger partial charge >= 0.3 is 0 Å². The summed E-state index contributed by atoms with van der Waals surface area (Å²) in [6, 6.07) is 22.0. The summed E-state index contributed by atoms with van der Waals surface area (Å²) in [6.45, 7) is -0.245. The molecule has 0 saturated carbocycles. The van der Waals surface area contributed by atoms with Gasteiger partial charge < -0.3 is 10.3 Å². The van der Waals surface area contributed by atoms with Crippen LogP contribution in [0.4, 0.5) is 5.69 Å². The highest BCUT2D eigenvalue weighted by atomic mass is 16.2. The van der Waals surface area contributed by atoms with Gasteiger partial charge in [-0.2, -0.15) is 0 Å². The van der Waals surface area contributed by atoms with Crippen molar-refractivity contribution in [2.24, 2.45) is 0 Å². The molecule has 146 valence electrons. The second-order valence-electron chi connectivity index (χ2n) is 6.77. The average molecular weight is 396 g/mol. The fourth-order valence-electron chi connectivity index (χ4n) is 3.33. The number of hydrogen-bond donors (Lipinski definition) is 2. The van der Waals surface area contributed by atoms with Gasteiger partial charge in [-0.25, -0.2) is 9.67 Å². The van der Waals surface area contributed by atoms with Crippen LogP contribution in [0.1, 0.15) is 0 Å². The number of carbonyl (C=O) groups excluding carboxylic acids is 1. The molecule has 5 rings (SSSR count). The monoisotopic (exact) mass is 396 g/mol. The number of nitrogens with one attached hydrogen (secondary N) is 2. The molecule has 2 heterocycles. The van der Waals surface area contributed by atoms with Gasteiger partial charge in [0.25, 0.3) is 5.56 Å². The molecule has 1 amide bonds. The number of aromatic amines is 1. The number of rotatable bonds is 4. The molecule has 0 radical (unpaired) electrons. The van der Waals surface area contributed by atoms with Crippen molar-refractivity contribution in [3.05, 3.63) is 83.2 Å². The molecule has 3 aromatic carbocycles. The van der Waals surface area contributed by atoms with Crippen molar-refractivity contribution >= 4 is 33.5 Å². The number of fused-ring (bicyclic) bond motifs is 2. The summed E-state index contributed by atoms with van der Waals surface area (Å²) < 4.78 is 1.06. The lowest BCUT2D eigenvalue weighted by Crippen LogP contribution is -2.30. The normalized spacial score (nSPS) is 11.1. The summed E-state index contributed by atoms with van der Waals surface area (Å²) in [4.78, 5) is 33.1. The number of imidazole rings is 1. The van der Waals surface area contributed by atoms with Crippen LogP contribution in [0.15, 0.2) is 77.6 Å². The van der Waals surface area contributed by atoms with E-state index in [2.05, 4.69) is 25.6 Å². The number of benzene rings is 3. The first-order valence-electron chi connectivity index (χ1n) is 9.35. The zero-order valence-corrected chi connectivity index (χ0v) is 15.7. The Hall–Kier alpha value is -4.33. The van der Waals surface area contributed by atoms with Crippen LogP contribution in [0, 0.1) is 0 Å². The summed E-state index contributed by atoms with van der Waals surface area (Å²) in [5, 5.41) is 11.2. The number of nitrogens with zero attached hydrogens (tertiary/aromatic N) is 4. The Kier molecular flexibility index (Phi) is 4.29. The second-order valence-corrected chi connectivity index (χ2v) is 6.77. The molecule has 8 heteroatoms. The predicted octanol–water partition coefficient (Wildman–Crippen LogP) is 2.97. The summed E-state index contributed by atoms with van der Waals surface area (Å²) in [5.74, 6) is 0.264. The molecular weight excluding hydrogens is 380 g/mol. The molecule has 0 bridgehead atoms. The molecule has 0 aliphatic rings. The van der Waals surface area contributed by atoms with E-state index in [1.165, 1.54) is 0 Å². The third kappa shape index (κ3) is 3.20. The standard InChI is InChI=1S/C22H16N6O2/c29-20(13-28-22(30)15-8-2-4-10-17(15)26-27-28)23-16-9-3-1-7-14(16)21-24-18-11-5-6-12-19(18)25-21/h1-12H,13H2,(H,23,29)(H,24,25). The molecular formula is C22H16N6O2. The quantitative estimate of drug-likeness (QED) is 0.486. The van der Waals surface area contributed by atoms with Crippen LogP contribution in [0.3, 0.4) is 0 Å². The fourth-order valence-corrected chi connectivity index (χ4v) is 3.33. The molecule has 30 heavy (non-hydrogen) atoms. The number of carbonyl (C=O) groups is 1. The molecule has 5 aromatic rings. The Bertz CT molecular complexity index is 1420. The lowest BCUT2D eigenvalue weighted by atomic mass is 10.1. The molecule has 0 unspecified atom stereocenters. The highest BCUT2D eigenvalue weighted by Crippen LogP contribution is 2.27. The van der Waals surface area contributed by atoms with Gasteiger partial charge in [0.05, 0.1) is 22.1 Å². The van der Waals surface area contributed by atoms with E-state index in [9.17, 15) is 9.59 Å². The minimum absolute atomic E-state index is 0.245. The Morgan fingerprint density at radius 1 is 0.933 bits per heavy atom. The van der Waals surface area contributed by atoms with Crippen LogP contribution in [-0.4, -0.2) is 30.9 Å². The third-order valence-corrected chi connectivity index (χ3v) is 4.77. The lowest BCUT2D eigenvalue weighted by molar-refractivity contribution is -0.117. The van der Waals surface area contributed by atoms with E-state index in [-0.39, 0.29) is 18.0 Å². The molecule has 0 saturated heterocycles. The van der Waals surface area contributed by atoms with Gasteiger partial charge in [0, 0.05) is 5.56 Å². The number of para-hydroxylation sites is 3. The first-order valence-corrected chi connectivity index (χ1v) is 9.35. The van der Waals surface area contributed by atoms with Gasteiger partial charge in [0.2, 0.25) is 5.91 Å². The van der Waals surface area contributed by atoms with Crippen molar-refractivity contribution in [3.63, 3.8) is 0 Å². The molecule has 8 nitrogen and oxygen atoms in total. The minimum atomic E-state index is -0.384. The average Bonchev–Trinajstić information content (AvgIpc) is 3.20. The predicted molar refractivity (Wildman–Crippen MR) is 114 cm³/mol. The van der Waals surface area contributed by atoms with Crippen molar-refractivity contribution in [1.82, 2.24) is 25.0 Å². The summed E-state index contributed by atoms with van der Waals surface area (Å²) in [6.07, 6.45) is 0. The van der Waals surface area contributed by atoms with Crippen molar-refractivity contribution < 1.29 is 4.79 Å². The van der Waals surface area contributed by atoms with E-state index in [0.717, 1.165) is 21.3 Å². The first-order chi connectivity index (χ1) is 14.7. The van der Waals surface area contributed by atoms with E-state index in [4.69, 9.17) is 0 Å². The van der Waals surface area contributed by atoms with Crippen LogP contribution >= 0.6 is 0 Å². The number of H-pyrrole nitrogens is 1. The van der Waals surface area contributed by atoms with Crippen LogP contribution in [0.2, 0.25) is 0 Å². The van der Waals surface area contributed by atoms with Crippen molar-refractivity contribution in [2.45, 2.75) is 6.54 Å². The summed E-state index contributed by atoms with van der Waals surface area (Å²) in [7, 11) is 0. The van der Waals surface area contributed by atoms with Gasteiger partial charge in [-0.1, -0.05) is 41.6 Å². The summed E-state index contributed by atoms with van der Waals surface area (Å²) in [5.41, 5.74) is 3.22. The molecule has 0 aliphatic heterocycles. The number of aromatic nitrogens is 5. The van der Waals surface area contributed by atoms with Gasteiger partial charge in [-0.05, 0) is 36.4 Å². The first kappa shape index (κ1) is 17.7. The number of amides is 1. The zero-order valence-electron chi connectivity index (χ0n) is 15.7. The van der Waals surface area contributed by atoms with Crippen molar-refractivity contribution in [1.29, 1.82) is 0 Å². The van der Waals surface area contributed by atoms with E-state index in [0.29, 0.717) is 22.4 Å². The van der Waals surface area contributed by atoms with Gasteiger partial charge in [0.15, 0.2) is 0 Å². The lowest BCUT2D eigenvalue weighted by Gasteiger charge is -2.10. The van der Waals surface area contributed by atoms with Gasteiger partial charge in [-0.3, -0.25) is 9.59 Å². The Balaban J connectivity index is 1.43. The Morgan fingerprint density at radius 2 is 1.67 bits per heavy atom. The maximum absolute atomic E-state index is 12.7. The van der Waals surface area contributed by atoms with E-state index >= 15 is 0 Å².